The van der Waals surface area contributed by atoms with Gasteiger partial charge in [-0.1, -0.05) is 12.1 Å². The maximum atomic E-state index is 11.8. The molecule has 0 saturated carbocycles. The number of rotatable bonds is 3. The fourth-order valence-corrected chi connectivity index (χ4v) is 2.28. The van der Waals surface area contributed by atoms with Crippen molar-refractivity contribution in [1.82, 2.24) is 14.9 Å². The Balaban J connectivity index is 1.93. The molecule has 1 amide bonds. The highest BCUT2D eigenvalue weighted by atomic mass is 16.5. The smallest absolute Gasteiger partial charge is 0.241 e. The number of ether oxygens (including phenoxy) is 1. The van der Waals surface area contributed by atoms with E-state index in [0.717, 1.165) is 22.6 Å². The van der Waals surface area contributed by atoms with Gasteiger partial charge >= 0.3 is 0 Å². The molecular weight excluding hydrogens is 280 g/mol. The fourth-order valence-electron chi connectivity index (χ4n) is 2.28. The van der Waals surface area contributed by atoms with Crippen molar-refractivity contribution in [3.05, 3.63) is 36.0 Å². The first-order valence-electron chi connectivity index (χ1n) is 7.05. The van der Waals surface area contributed by atoms with Gasteiger partial charge in [-0.15, -0.1) is 0 Å². The third kappa shape index (κ3) is 2.59. The Morgan fingerprint density at radius 3 is 2.82 bits per heavy atom. The van der Waals surface area contributed by atoms with Gasteiger partial charge in [-0.2, -0.15) is 0 Å². The van der Waals surface area contributed by atoms with Crippen LogP contribution >= 0.6 is 0 Å². The molecule has 2 heterocycles. The van der Waals surface area contributed by atoms with E-state index >= 15 is 0 Å². The molecule has 0 fully saturated rings. The van der Waals surface area contributed by atoms with Crippen LogP contribution in [0.4, 0.5) is 5.95 Å². The van der Waals surface area contributed by atoms with Crippen LogP contribution in [0.15, 0.2) is 30.5 Å². The predicted molar refractivity (Wildman–Crippen MR) is 83.8 cm³/mol. The van der Waals surface area contributed by atoms with Crippen molar-refractivity contribution in [1.29, 1.82) is 0 Å². The molecule has 3 rings (SSSR count). The summed E-state index contributed by atoms with van der Waals surface area (Å²) in [6.45, 7) is 0.705. The van der Waals surface area contributed by atoms with Crippen LogP contribution in [0.25, 0.3) is 11.3 Å². The van der Waals surface area contributed by atoms with E-state index in [4.69, 9.17) is 4.74 Å². The van der Waals surface area contributed by atoms with Crippen molar-refractivity contribution < 1.29 is 9.53 Å². The molecule has 6 heteroatoms. The summed E-state index contributed by atoms with van der Waals surface area (Å²) in [5.41, 5.74) is 2.78. The van der Waals surface area contributed by atoms with Gasteiger partial charge in [-0.25, -0.2) is 9.97 Å². The second-order valence-corrected chi connectivity index (χ2v) is 5.47. The summed E-state index contributed by atoms with van der Waals surface area (Å²) in [5.74, 6) is 1.37. The van der Waals surface area contributed by atoms with Gasteiger partial charge in [0.1, 0.15) is 12.4 Å². The van der Waals surface area contributed by atoms with E-state index in [1.54, 1.807) is 30.1 Å². The Kier molecular flexibility index (Phi) is 3.66. The van der Waals surface area contributed by atoms with Crippen LogP contribution in [0.3, 0.4) is 0 Å². The summed E-state index contributed by atoms with van der Waals surface area (Å²) in [5, 5.41) is 0. The lowest BCUT2D eigenvalue weighted by molar-refractivity contribution is -0.127. The van der Waals surface area contributed by atoms with Gasteiger partial charge < -0.3 is 14.5 Å². The Hall–Kier alpha value is -2.63. The molecular formula is C16H18N4O2. The lowest BCUT2D eigenvalue weighted by Crippen LogP contribution is -2.35. The van der Waals surface area contributed by atoms with Crippen molar-refractivity contribution in [2.24, 2.45) is 0 Å². The second-order valence-electron chi connectivity index (χ2n) is 5.47. The highest BCUT2D eigenvalue weighted by molar-refractivity contribution is 5.80. The van der Waals surface area contributed by atoms with E-state index in [0.29, 0.717) is 12.6 Å². The summed E-state index contributed by atoms with van der Waals surface area (Å²) in [6, 6.07) is 7.81. The van der Waals surface area contributed by atoms with Crippen LogP contribution in [0.5, 0.6) is 5.75 Å². The zero-order valence-corrected chi connectivity index (χ0v) is 12.9. The fraction of sp³-hybridized carbons (Fsp3) is 0.312. The SMILES string of the molecule is CN(C)C(=O)CN(C)c1ncc2c(n1)-c1ccccc1OC2. The number of hydrogen-bond acceptors (Lipinski definition) is 5. The first-order chi connectivity index (χ1) is 10.6. The number of hydrogen-bond donors (Lipinski definition) is 0. The van der Waals surface area contributed by atoms with Crippen LogP contribution in [0.1, 0.15) is 5.56 Å². The molecule has 1 aromatic heterocycles. The Morgan fingerprint density at radius 2 is 2.05 bits per heavy atom. The molecule has 22 heavy (non-hydrogen) atoms. The predicted octanol–water partition coefficient (Wildman–Crippen LogP) is 1.56. The van der Waals surface area contributed by atoms with Gasteiger partial charge in [0.15, 0.2) is 0 Å². The van der Waals surface area contributed by atoms with Crippen LogP contribution in [0.2, 0.25) is 0 Å². The molecule has 0 radical (unpaired) electrons. The lowest BCUT2D eigenvalue weighted by atomic mass is 10.0. The molecule has 0 saturated heterocycles. The van der Waals surface area contributed by atoms with Crippen molar-refractivity contribution in [2.75, 3.05) is 32.6 Å². The van der Waals surface area contributed by atoms with Crippen LogP contribution in [-0.2, 0) is 11.4 Å². The number of likely N-dealkylation sites (N-methyl/N-ethyl adjacent to an activating group) is 2. The zero-order valence-electron chi connectivity index (χ0n) is 12.9. The standard InChI is InChI=1S/C16H18N4O2/c1-19(2)14(21)9-20(3)16-17-8-11-10-22-13-7-5-4-6-12(13)15(11)18-16/h4-8H,9-10H2,1-3H3. The van der Waals surface area contributed by atoms with Crippen LogP contribution < -0.4 is 9.64 Å². The summed E-state index contributed by atoms with van der Waals surface area (Å²) >= 11 is 0. The third-order valence-electron chi connectivity index (χ3n) is 3.59. The van der Waals surface area contributed by atoms with Gasteiger partial charge in [-0.05, 0) is 12.1 Å². The molecule has 114 valence electrons. The minimum Gasteiger partial charge on any atom is -0.488 e. The number of nitrogens with zero attached hydrogens (tertiary/aromatic N) is 4. The van der Waals surface area contributed by atoms with Crippen LogP contribution in [0, 0.1) is 0 Å². The maximum Gasteiger partial charge on any atom is 0.241 e. The van der Waals surface area contributed by atoms with E-state index < -0.39 is 0 Å². The van der Waals surface area contributed by atoms with Gasteiger partial charge in [0.25, 0.3) is 0 Å². The number of aromatic nitrogens is 2. The van der Waals surface area contributed by atoms with E-state index in [1.807, 2.05) is 31.3 Å². The van der Waals surface area contributed by atoms with Gasteiger partial charge in [0.2, 0.25) is 11.9 Å². The summed E-state index contributed by atoms with van der Waals surface area (Å²) in [7, 11) is 5.28. The van der Waals surface area contributed by atoms with Crippen molar-refractivity contribution >= 4 is 11.9 Å². The maximum absolute atomic E-state index is 11.8. The van der Waals surface area contributed by atoms with E-state index in [2.05, 4.69) is 9.97 Å². The van der Waals surface area contributed by atoms with Gasteiger partial charge in [0.05, 0.1) is 12.2 Å². The largest absolute Gasteiger partial charge is 0.488 e. The second kappa shape index (κ2) is 5.63. The average molecular weight is 298 g/mol. The molecule has 6 nitrogen and oxygen atoms in total. The Morgan fingerprint density at radius 1 is 1.27 bits per heavy atom. The van der Waals surface area contributed by atoms with E-state index in [9.17, 15) is 4.79 Å². The lowest BCUT2D eigenvalue weighted by Gasteiger charge is -2.23. The first kappa shape index (κ1) is 14.3. The summed E-state index contributed by atoms with van der Waals surface area (Å²) in [4.78, 5) is 24.1. The highest BCUT2D eigenvalue weighted by Gasteiger charge is 2.20. The van der Waals surface area contributed by atoms with Gasteiger partial charge in [-0.3, -0.25) is 4.79 Å². The summed E-state index contributed by atoms with van der Waals surface area (Å²) < 4.78 is 5.69. The quantitative estimate of drug-likeness (QED) is 0.860. The monoisotopic (exact) mass is 298 g/mol. The number of amides is 1. The molecule has 0 atom stereocenters. The third-order valence-corrected chi connectivity index (χ3v) is 3.59. The van der Waals surface area contributed by atoms with Crippen molar-refractivity contribution in [3.8, 4) is 17.0 Å². The van der Waals surface area contributed by atoms with Crippen LogP contribution in [-0.4, -0.2) is 48.5 Å². The molecule has 0 bridgehead atoms. The number of carbonyl (C=O) groups is 1. The normalized spacial score (nSPS) is 12.0. The zero-order chi connectivity index (χ0) is 15.7. The average Bonchev–Trinajstić information content (AvgIpc) is 2.54. The number of fused-ring (bicyclic) bond motifs is 3. The minimum absolute atomic E-state index is 0.00699. The molecule has 1 aliphatic rings. The number of para-hydroxylation sites is 1. The molecule has 2 aromatic rings. The Labute approximate surface area is 129 Å². The Bertz CT molecular complexity index is 715. The molecule has 1 aromatic carbocycles. The molecule has 1 aliphatic heterocycles. The number of carbonyl (C=O) groups excluding carboxylic acids is 1. The van der Waals surface area contributed by atoms with E-state index in [1.165, 1.54) is 0 Å². The number of benzene rings is 1. The molecule has 0 spiro atoms. The molecule has 0 N–H and O–H groups in total. The van der Waals surface area contributed by atoms with Crippen molar-refractivity contribution in [3.63, 3.8) is 0 Å². The van der Waals surface area contributed by atoms with Gasteiger partial charge in [0, 0.05) is 38.5 Å². The highest BCUT2D eigenvalue weighted by Crippen LogP contribution is 2.36. The van der Waals surface area contributed by atoms with Crippen molar-refractivity contribution in [2.45, 2.75) is 6.61 Å². The topological polar surface area (TPSA) is 58.6 Å². The summed E-state index contributed by atoms with van der Waals surface area (Å²) in [6.07, 6.45) is 1.77. The molecule has 0 unspecified atom stereocenters. The minimum atomic E-state index is 0.00699. The number of anilines is 1. The molecule has 0 aliphatic carbocycles. The van der Waals surface area contributed by atoms with E-state index in [-0.39, 0.29) is 12.5 Å². The first-order valence-corrected chi connectivity index (χ1v) is 7.05.